The lowest BCUT2D eigenvalue weighted by Crippen LogP contribution is -2.52. The molecule has 0 bridgehead atoms. The third kappa shape index (κ3) is 11.9. The molecule has 0 spiro atoms. The molecule has 2 aliphatic rings. The maximum atomic E-state index is 12.9. The lowest BCUT2D eigenvalue weighted by molar-refractivity contribution is -0.941. The van der Waals surface area contributed by atoms with Crippen LogP contribution in [0.4, 0.5) is 0 Å². The van der Waals surface area contributed by atoms with Gasteiger partial charge in [0, 0.05) is 55.2 Å². The number of methoxy groups -OCH3 is 4. The lowest BCUT2D eigenvalue weighted by Gasteiger charge is -2.46. The van der Waals surface area contributed by atoms with Gasteiger partial charge in [-0.2, -0.15) is 0 Å². The summed E-state index contributed by atoms with van der Waals surface area (Å²) in [5, 5.41) is 50.2. The number of hydrogen-bond donors (Lipinski definition) is 5. The molecular weight excluding hydrogens is 873 g/mol. The second-order valence-corrected chi connectivity index (χ2v) is 18.6. The molecular formula is C53H72N2O13+2. The zero-order valence-electron chi connectivity index (χ0n) is 40.7. The van der Waals surface area contributed by atoms with Crippen LogP contribution in [0.1, 0.15) is 99.0 Å². The van der Waals surface area contributed by atoms with Gasteiger partial charge in [0.2, 0.25) is 0 Å². The van der Waals surface area contributed by atoms with Gasteiger partial charge in [0.25, 0.3) is 0 Å². The predicted octanol–water partition coefficient (Wildman–Crippen LogP) is 5.10. The fraction of sp³-hybridized carbons (Fsp3) is 0.509. The second kappa shape index (κ2) is 23.8. The minimum Gasteiger partial charge on any atom is -0.493 e. The highest BCUT2D eigenvalue weighted by Crippen LogP contribution is 2.44. The van der Waals surface area contributed by atoms with Gasteiger partial charge in [0.15, 0.2) is 23.0 Å². The maximum Gasteiger partial charge on any atom is 0.306 e. The van der Waals surface area contributed by atoms with Crippen LogP contribution < -0.4 is 18.9 Å². The van der Waals surface area contributed by atoms with E-state index in [9.17, 15) is 35.1 Å². The number of aliphatic hydroxyl groups is 5. The number of benzene rings is 4. The molecule has 4 unspecified atom stereocenters. The third-order valence-electron chi connectivity index (χ3n) is 14.4. The van der Waals surface area contributed by atoms with Crippen LogP contribution in [-0.2, 0) is 77.8 Å². The van der Waals surface area contributed by atoms with E-state index in [1.165, 1.54) is 5.56 Å². The monoisotopic (exact) mass is 945 g/mol. The van der Waals surface area contributed by atoms with E-state index in [0.717, 1.165) is 53.7 Å². The molecule has 0 fully saturated rings. The smallest absolute Gasteiger partial charge is 0.306 e. The molecule has 0 radical (unpaired) electrons. The Morgan fingerprint density at radius 3 is 1.53 bits per heavy atom. The van der Waals surface area contributed by atoms with Crippen LogP contribution in [0.2, 0.25) is 0 Å². The molecule has 0 aromatic heterocycles. The Bertz CT molecular complexity index is 2350. The molecule has 2 aliphatic heterocycles. The summed E-state index contributed by atoms with van der Waals surface area (Å²) >= 11 is 0. The number of fused-ring (bicyclic) bond motifs is 2. The summed E-state index contributed by atoms with van der Waals surface area (Å²) in [5.41, 5.74) is 9.92. The van der Waals surface area contributed by atoms with Gasteiger partial charge in [-0.3, -0.25) is 9.59 Å². The molecule has 0 saturated carbocycles. The van der Waals surface area contributed by atoms with E-state index in [1.54, 1.807) is 28.4 Å². The molecule has 4 atom stereocenters. The predicted molar refractivity (Wildman–Crippen MR) is 254 cm³/mol. The summed E-state index contributed by atoms with van der Waals surface area (Å²) in [4.78, 5) is 25.8. The Morgan fingerprint density at radius 2 is 1.00 bits per heavy atom. The van der Waals surface area contributed by atoms with E-state index in [2.05, 4.69) is 26.2 Å². The largest absolute Gasteiger partial charge is 0.493 e. The summed E-state index contributed by atoms with van der Waals surface area (Å²) in [6.07, 6.45) is 3.87. The van der Waals surface area contributed by atoms with E-state index in [0.29, 0.717) is 98.6 Å². The minimum absolute atomic E-state index is 0.0149. The van der Waals surface area contributed by atoms with Gasteiger partial charge in [-0.1, -0.05) is 24.3 Å². The fourth-order valence-corrected chi connectivity index (χ4v) is 10.4. The number of carbonyl (C=O) groups is 2. The highest BCUT2D eigenvalue weighted by Gasteiger charge is 2.41. The highest BCUT2D eigenvalue weighted by atomic mass is 16.5. The zero-order valence-corrected chi connectivity index (χ0v) is 40.7. The topological polar surface area (TPSA) is 191 Å². The molecule has 2 heterocycles. The van der Waals surface area contributed by atoms with Gasteiger partial charge >= 0.3 is 11.9 Å². The molecule has 4 aromatic rings. The zero-order chi connectivity index (χ0) is 49.0. The molecule has 4 aromatic carbocycles. The van der Waals surface area contributed by atoms with Crippen molar-refractivity contribution >= 4 is 11.9 Å². The van der Waals surface area contributed by atoms with Gasteiger partial charge < -0.3 is 62.9 Å². The van der Waals surface area contributed by atoms with Crippen LogP contribution in [0.5, 0.6) is 23.0 Å². The number of ether oxygens (including phenoxy) is 6. The van der Waals surface area contributed by atoms with E-state index in [4.69, 9.17) is 28.4 Å². The first kappa shape index (κ1) is 52.1. The lowest BCUT2D eigenvalue weighted by atomic mass is 9.83. The van der Waals surface area contributed by atoms with Crippen molar-refractivity contribution in [2.45, 2.75) is 96.5 Å². The van der Waals surface area contributed by atoms with Gasteiger partial charge in [-0.05, 0) is 74.8 Å². The van der Waals surface area contributed by atoms with E-state index in [-0.39, 0.29) is 71.2 Å². The van der Waals surface area contributed by atoms with Crippen LogP contribution in [0.15, 0.2) is 54.6 Å². The van der Waals surface area contributed by atoms with Crippen LogP contribution in [0.3, 0.4) is 0 Å². The van der Waals surface area contributed by atoms with Crippen molar-refractivity contribution in [1.29, 1.82) is 0 Å². The standard InChI is InChI=1S/C53H72N2O13/c1-54(17-13-37-26-41(32-58)42(33-59)27-44(37)46(54)23-35-9-10-39(30-56)40(21-35)31-57)15-7-19-67-51(61)11-12-52(62)68-20-8-16-55(2)18-14-38-28-48(63-3)49(64-4)29-45(38)47(55)24-36-22-43(34-60)53(66-6)50(25-36)65-5/h9-10,21-22,25-29,46-47,56-60H,7-8,11-20,23-24,30-34H2,1-6H3/q+2. The van der Waals surface area contributed by atoms with Crippen molar-refractivity contribution < 1.29 is 72.5 Å². The Balaban J connectivity index is 1.03. The van der Waals surface area contributed by atoms with Gasteiger partial charge in [0.1, 0.15) is 12.1 Å². The first-order valence-electron chi connectivity index (χ1n) is 23.6. The number of rotatable bonds is 24. The van der Waals surface area contributed by atoms with Crippen LogP contribution in [0, 0.1) is 0 Å². The van der Waals surface area contributed by atoms with Crippen molar-refractivity contribution in [2.75, 3.05) is 81.9 Å². The summed E-state index contributed by atoms with van der Waals surface area (Å²) < 4.78 is 35.2. The Morgan fingerprint density at radius 1 is 0.529 bits per heavy atom. The molecule has 370 valence electrons. The fourth-order valence-electron chi connectivity index (χ4n) is 10.4. The molecule has 5 N–H and O–H groups in total. The third-order valence-corrected chi connectivity index (χ3v) is 14.4. The average molecular weight is 945 g/mol. The summed E-state index contributed by atoms with van der Waals surface area (Å²) in [5.74, 6) is 1.45. The number of carbonyl (C=O) groups excluding carboxylic acids is 2. The molecule has 6 rings (SSSR count). The van der Waals surface area contributed by atoms with Gasteiger partial charge in [0.05, 0.1) is 128 Å². The van der Waals surface area contributed by atoms with E-state index < -0.39 is 11.9 Å². The normalized spacial score (nSPS) is 19.7. The summed E-state index contributed by atoms with van der Waals surface area (Å²) in [6.45, 7) is 2.53. The number of esters is 2. The number of aliphatic hydroxyl groups excluding tert-OH is 5. The SMILES string of the molecule is COc1cc2c(cc1OC)C(Cc1cc(CO)c(OC)c(OC)c1)[N+](C)(CCCOC(=O)CCC(=O)OCCC[N+]1(C)CCc3cc(CO)c(CO)cc3C1Cc1ccc(CO)c(CO)c1)CC2. The maximum absolute atomic E-state index is 12.9. The number of likely N-dealkylation sites (N-methyl/N-ethyl adjacent to an activating group) is 2. The Labute approximate surface area is 400 Å². The molecule has 0 amide bonds. The molecule has 0 aliphatic carbocycles. The summed E-state index contributed by atoms with van der Waals surface area (Å²) in [7, 11) is 10.8. The Hall–Kier alpha value is -5.26. The molecule has 15 heteroatoms. The van der Waals surface area contributed by atoms with Crippen LogP contribution in [-0.4, -0.2) is 128 Å². The first-order valence-corrected chi connectivity index (χ1v) is 23.6. The number of quaternary nitrogens is 2. The highest BCUT2D eigenvalue weighted by molar-refractivity contribution is 5.77. The number of nitrogens with zero attached hydrogens (tertiary/aromatic N) is 2. The quantitative estimate of drug-likeness (QED) is 0.0355. The van der Waals surface area contributed by atoms with E-state index >= 15 is 0 Å². The average Bonchev–Trinajstić information content (AvgIpc) is 3.36. The summed E-state index contributed by atoms with van der Waals surface area (Å²) in [6, 6.07) is 17.7. The van der Waals surface area contributed by atoms with Crippen molar-refractivity contribution in [3.63, 3.8) is 0 Å². The van der Waals surface area contributed by atoms with E-state index in [1.807, 2.05) is 42.5 Å². The van der Waals surface area contributed by atoms with Crippen molar-refractivity contribution in [2.24, 2.45) is 0 Å². The van der Waals surface area contributed by atoms with Crippen LogP contribution >= 0.6 is 0 Å². The minimum atomic E-state index is -0.464. The molecule has 0 saturated heterocycles. The van der Waals surface area contributed by atoms with Crippen molar-refractivity contribution in [1.82, 2.24) is 0 Å². The van der Waals surface area contributed by atoms with Gasteiger partial charge in [-0.15, -0.1) is 0 Å². The molecule has 15 nitrogen and oxygen atoms in total. The van der Waals surface area contributed by atoms with Gasteiger partial charge in [-0.25, -0.2) is 0 Å². The van der Waals surface area contributed by atoms with Crippen molar-refractivity contribution in [3.05, 3.63) is 116 Å². The first-order chi connectivity index (χ1) is 32.8. The number of hydrogen-bond acceptors (Lipinski definition) is 13. The van der Waals surface area contributed by atoms with Crippen molar-refractivity contribution in [3.8, 4) is 23.0 Å². The van der Waals surface area contributed by atoms with Crippen LogP contribution in [0.25, 0.3) is 0 Å². The Kier molecular flexibility index (Phi) is 18.3. The second-order valence-electron chi connectivity index (χ2n) is 18.6. The molecule has 68 heavy (non-hydrogen) atoms.